The molecule has 0 bridgehead atoms. The summed E-state index contributed by atoms with van der Waals surface area (Å²) in [7, 11) is 2.01. The van der Waals surface area contributed by atoms with Crippen LogP contribution in [0.1, 0.15) is 33.6 Å². The van der Waals surface area contributed by atoms with Crippen LogP contribution in [0.2, 0.25) is 0 Å². The number of benzene rings is 2. The van der Waals surface area contributed by atoms with E-state index in [2.05, 4.69) is 16.0 Å². The summed E-state index contributed by atoms with van der Waals surface area (Å²) in [4.78, 5) is 32.0. The molecule has 1 fully saturated rings. The number of anilines is 1. The Hall–Kier alpha value is -3.15. The number of amides is 2. The van der Waals surface area contributed by atoms with E-state index in [9.17, 15) is 9.59 Å². The van der Waals surface area contributed by atoms with Gasteiger partial charge in [0.1, 0.15) is 5.82 Å². The average Bonchev–Trinajstić information content (AvgIpc) is 3.10. The van der Waals surface area contributed by atoms with Gasteiger partial charge in [0, 0.05) is 36.8 Å². The van der Waals surface area contributed by atoms with Gasteiger partial charge in [-0.2, -0.15) is 0 Å². The van der Waals surface area contributed by atoms with Crippen LogP contribution in [0.25, 0.3) is 22.4 Å². The van der Waals surface area contributed by atoms with Crippen LogP contribution in [0.15, 0.2) is 48.5 Å². The van der Waals surface area contributed by atoms with Gasteiger partial charge in [0.25, 0.3) is 0 Å². The molecule has 6 heteroatoms. The SMILES string of the molecule is Cn1c(-c2ccc(NC(=O)C3CCCN(C(=O)C(C)(C)C)C3)cc2)nc2ccccc21. The Labute approximate surface area is 183 Å². The number of nitrogens with zero attached hydrogens (tertiary/aromatic N) is 3. The summed E-state index contributed by atoms with van der Waals surface area (Å²) in [6.45, 7) is 6.98. The van der Waals surface area contributed by atoms with Crippen LogP contribution >= 0.6 is 0 Å². The van der Waals surface area contributed by atoms with Crippen molar-refractivity contribution in [3.8, 4) is 11.4 Å². The van der Waals surface area contributed by atoms with Crippen molar-refractivity contribution >= 4 is 28.5 Å². The lowest BCUT2D eigenvalue weighted by atomic mass is 9.91. The third-order valence-corrected chi connectivity index (χ3v) is 5.92. The molecule has 6 nitrogen and oxygen atoms in total. The van der Waals surface area contributed by atoms with Crippen LogP contribution in [-0.2, 0) is 16.6 Å². The minimum Gasteiger partial charge on any atom is -0.341 e. The van der Waals surface area contributed by atoms with Gasteiger partial charge in [-0.3, -0.25) is 9.59 Å². The number of carbonyl (C=O) groups excluding carboxylic acids is 2. The number of hydrogen-bond acceptors (Lipinski definition) is 3. The maximum Gasteiger partial charge on any atom is 0.229 e. The molecule has 1 aromatic heterocycles. The lowest BCUT2D eigenvalue weighted by Crippen LogP contribution is -2.47. The fourth-order valence-corrected chi connectivity index (χ4v) is 4.20. The van der Waals surface area contributed by atoms with Gasteiger partial charge < -0.3 is 14.8 Å². The van der Waals surface area contributed by atoms with Gasteiger partial charge in [-0.25, -0.2) is 4.98 Å². The second-order valence-corrected chi connectivity index (χ2v) is 9.39. The molecule has 162 valence electrons. The third kappa shape index (κ3) is 4.33. The molecule has 1 N–H and O–H groups in total. The van der Waals surface area contributed by atoms with Crippen molar-refractivity contribution in [1.29, 1.82) is 0 Å². The highest BCUT2D eigenvalue weighted by atomic mass is 16.2. The molecule has 0 saturated carbocycles. The number of imidazole rings is 1. The standard InChI is InChI=1S/C25H30N4O2/c1-25(2,3)24(31)29-15-7-8-18(16-29)23(30)26-19-13-11-17(12-14-19)22-27-20-9-5-6-10-21(20)28(22)4/h5-6,9-14,18H,7-8,15-16H2,1-4H3,(H,26,30). The molecule has 1 saturated heterocycles. The van der Waals surface area contributed by atoms with Crippen LogP contribution in [0, 0.1) is 11.3 Å². The van der Waals surface area contributed by atoms with Crippen molar-refractivity contribution < 1.29 is 9.59 Å². The zero-order valence-electron chi connectivity index (χ0n) is 18.7. The number of piperidine rings is 1. The number of nitrogens with one attached hydrogen (secondary N) is 1. The van der Waals surface area contributed by atoms with E-state index in [0.717, 1.165) is 47.5 Å². The molecule has 4 rings (SSSR count). The zero-order chi connectivity index (χ0) is 22.2. The summed E-state index contributed by atoms with van der Waals surface area (Å²) in [5, 5.41) is 3.03. The average molecular weight is 419 g/mol. The second kappa shape index (κ2) is 8.17. The normalized spacial score (nSPS) is 17.0. The molecule has 1 atom stereocenters. The Morgan fingerprint density at radius 1 is 1.06 bits per heavy atom. The highest BCUT2D eigenvalue weighted by Crippen LogP contribution is 2.27. The second-order valence-electron chi connectivity index (χ2n) is 9.39. The zero-order valence-corrected chi connectivity index (χ0v) is 18.7. The fraction of sp³-hybridized carbons (Fsp3) is 0.400. The van der Waals surface area contributed by atoms with Crippen molar-refractivity contribution in [3.63, 3.8) is 0 Å². The Morgan fingerprint density at radius 2 is 1.77 bits per heavy atom. The number of fused-ring (bicyclic) bond motifs is 1. The van der Waals surface area contributed by atoms with Crippen LogP contribution in [0.4, 0.5) is 5.69 Å². The van der Waals surface area contributed by atoms with Gasteiger partial charge in [0.2, 0.25) is 11.8 Å². The number of aryl methyl sites for hydroxylation is 1. The lowest BCUT2D eigenvalue weighted by Gasteiger charge is -2.35. The largest absolute Gasteiger partial charge is 0.341 e. The molecule has 0 aliphatic carbocycles. The third-order valence-electron chi connectivity index (χ3n) is 5.92. The molecule has 2 aromatic carbocycles. The summed E-state index contributed by atoms with van der Waals surface area (Å²) >= 11 is 0. The number of hydrogen-bond donors (Lipinski definition) is 1. The van der Waals surface area contributed by atoms with E-state index in [1.165, 1.54) is 0 Å². The van der Waals surface area contributed by atoms with Crippen LogP contribution in [0.3, 0.4) is 0 Å². The van der Waals surface area contributed by atoms with Gasteiger partial charge in [-0.1, -0.05) is 32.9 Å². The summed E-state index contributed by atoms with van der Waals surface area (Å²) in [5.74, 6) is 0.793. The maximum atomic E-state index is 12.8. The van der Waals surface area contributed by atoms with E-state index in [4.69, 9.17) is 4.98 Å². The van der Waals surface area contributed by atoms with E-state index in [1.54, 1.807) is 0 Å². The van der Waals surface area contributed by atoms with Crippen molar-refractivity contribution in [2.45, 2.75) is 33.6 Å². The number of aromatic nitrogens is 2. The minimum atomic E-state index is -0.427. The maximum absolute atomic E-state index is 12.8. The highest BCUT2D eigenvalue weighted by Gasteiger charge is 2.33. The Kier molecular flexibility index (Phi) is 5.56. The number of likely N-dealkylation sites (tertiary alicyclic amines) is 1. The van der Waals surface area contributed by atoms with Gasteiger partial charge in [-0.15, -0.1) is 0 Å². The monoisotopic (exact) mass is 418 g/mol. The molecule has 1 aliphatic heterocycles. The topological polar surface area (TPSA) is 67.2 Å². The predicted molar refractivity (Wildman–Crippen MR) is 124 cm³/mol. The molecule has 3 aromatic rings. The summed E-state index contributed by atoms with van der Waals surface area (Å²) in [6, 6.07) is 15.8. The summed E-state index contributed by atoms with van der Waals surface area (Å²) < 4.78 is 2.08. The Balaban J connectivity index is 1.44. The summed E-state index contributed by atoms with van der Waals surface area (Å²) in [5.41, 5.74) is 3.37. The molecule has 31 heavy (non-hydrogen) atoms. The van der Waals surface area contributed by atoms with E-state index < -0.39 is 5.41 Å². The number of rotatable bonds is 3. The van der Waals surface area contributed by atoms with Crippen LogP contribution in [-0.4, -0.2) is 39.4 Å². The van der Waals surface area contributed by atoms with Gasteiger partial charge in [-0.05, 0) is 49.2 Å². The van der Waals surface area contributed by atoms with Crippen molar-refractivity contribution in [2.24, 2.45) is 18.4 Å². The van der Waals surface area contributed by atoms with Gasteiger partial charge in [0.15, 0.2) is 0 Å². The van der Waals surface area contributed by atoms with E-state index >= 15 is 0 Å². The first-order valence-corrected chi connectivity index (χ1v) is 10.9. The van der Waals surface area contributed by atoms with Crippen molar-refractivity contribution in [2.75, 3.05) is 18.4 Å². The van der Waals surface area contributed by atoms with Crippen molar-refractivity contribution in [3.05, 3.63) is 48.5 Å². The quantitative estimate of drug-likeness (QED) is 0.683. The number of carbonyl (C=O) groups is 2. The first-order valence-electron chi connectivity index (χ1n) is 10.9. The van der Waals surface area contributed by atoms with E-state index in [-0.39, 0.29) is 17.7 Å². The van der Waals surface area contributed by atoms with Gasteiger partial charge >= 0.3 is 0 Å². The minimum absolute atomic E-state index is 0.0260. The molecule has 1 aliphatic rings. The molecular weight excluding hydrogens is 388 g/mol. The van der Waals surface area contributed by atoms with Crippen molar-refractivity contribution in [1.82, 2.24) is 14.5 Å². The van der Waals surface area contributed by atoms with Crippen LogP contribution in [0.5, 0.6) is 0 Å². The fourth-order valence-electron chi connectivity index (χ4n) is 4.20. The van der Waals surface area contributed by atoms with Gasteiger partial charge in [0.05, 0.1) is 17.0 Å². The highest BCUT2D eigenvalue weighted by molar-refractivity contribution is 5.93. The Bertz CT molecular complexity index is 1110. The molecule has 1 unspecified atom stereocenters. The summed E-state index contributed by atoms with van der Waals surface area (Å²) in [6.07, 6.45) is 1.66. The molecule has 2 heterocycles. The van der Waals surface area contributed by atoms with E-state index in [1.807, 2.05) is 75.2 Å². The Morgan fingerprint density at radius 3 is 2.45 bits per heavy atom. The lowest BCUT2D eigenvalue weighted by molar-refractivity contribution is -0.142. The van der Waals surface area contributed by atoms with Crippen LogP contribution < -0.4 is 5.32 Å². The smallest absolute Gasteiger partial charge is 0.229 e. The van der Waals surface area contributed by atoms with E-state index in [0.29, 0.717) is 6.54 Å². The first kappa shape index (κ1) is 21.1. The molecular formula is C25H30N4O2. The molecule has 2 amide bonds. The number of para-hydroxylation sites is 2. The molecule has 0 radical (unpaired) electrons. The predicted octanol–water partition coefficient (Wildman–Crippen LogP) is 4.46. The molecule has 0 spiro atoms. The first-order chi connectivity index (χ1) is 14.7.